The van der Waals surface area contributed by atoms with Crippen LogP contribution >= 0.6 is 11.6 Å². The second kappa shape index (κ2) is 7.45. The molecule has 1 heterocycles. The third-order valence-electron chi connectivity index (χ3n) is 4.56. The van der Waals surface area contributed by atoms with Gasteiger partial charge in [-0.05, 0) is 54.6 Å². The molecule has 0 spiro atoms. The number of aromatic nitrogens is 2. The van der Waals surface area contributed by atoms with Gasteiger partial charge in [0.2, 0.25) is 0 Å². The summed E-state index contributed by atoms with van der Waals surface area (Å²) in [6, 6.07) is 17.0. The Morgan fingerprint density at radius 3 is 2.46 bits per heavy atom. The smallest absolute Gasteiger partial charge is 0.130 e. The third-order valence-corrected chi connectivity index (χ3v) is 6.44. The number of hydrogen-bond donors (Lipinski definition) is 0. The van der Waals surface area contributed by atoms with Gasteiger partial charge in [0.1, 0.15) is 22.7 Å². The highest BCUT2D eigenvalue weighted by atomic mass is 35.5. The molecule has 0 radical (unpaired) electrons. The second-order valence-corrected chi connectivity index (χ2v) is 8.29. The highest BCUT2D eigenvalue weighted by molar-refractivity contribution is 7.85. The van der Waals surface area contributed by atoms with Crippen LogP contribution in [0.1, 0.15) is 16.6 Å². The first-order valence-electron chi connectivity index (χ1n) is 8.48. The van der Waals surface area contributed by atoms with Crippen molar-refractivity contribution in [2.75, 3.05) is 0 Å². The van der Waals surface area contributed by atoms with Crippen molar-refractivity contribution in [2.24, 2.45) is 7.05 Å². The molecule has 3 aromatic carbocycles. The van der Waals surface area contributed by atoms with E-state index in [1.165, 1.54) is 0 Å². The van der Waals surface area contributed by atoms with Crippen LogP contribution in [0.5, 0.6) is 0 Å². The zero-order valence-electron chi connectivity index (χ0n) is 14.8. The van der Waals surface area contributed by atoms with E-state index in [1.807, 2.05) is 24.3 Å². The Labute approximate surface area is 168 Å². The van der Waals surface area contributed by atoms with Crippen molar-refractivity contribution < 1.29 is 13.0 Å². The fraction of sp³-hybridized carbons (Fsp3) is 0.0952. The maximum Gasteiger partial charge on any atom is 0.130 e. The van der Waals surface area contributed by atoms with Crippen molar-refractivity contribution in [3.8, 4) is 0 Å². The Hall–Kier alpha value is -2.57. The van der Waals surface area contributed by atoms with Crippen LogP contribution in [0, 0.1) is 11.6 Å². The van der Waals surface area contributed by atoms with Crippen molar-refractivity contribution in [3.05, 3.63) is 94.8 Å². The van der Waals surface area contributed by atoms with E-state index < -0.39 is 27.7 Å². The van der Waals surface area contributed by atoms with E-state index >= 15 is 0 Å². The topological polar surface area (TPSA) is 34.9 Å². The average Bonchev–Trinajstić information content (AvgIpc) is 3.02. The van der Waals surface area contributed by atoms with Crippen LogP contribution in [0.15, 0.2) is 71.6 Å². The summed E-state index contributed by atoms with van der Waals surface area (Å²) in [5.74, 6) is -0.854. The number of aryl methyl sites for hydroxylation is 1. The highest BCUT2D eigenvalue weighted by Gasteiger charge is 2.30. The standard InChI is InChI=1S/C21H15ClF2N2OS/c1-26-19-5-3-2-4-18(19)25-21(26)20(16-12-14(23)8-11-17(16)24)28(27)15-9-6-13(22)7-10-15/h2-12,20H,1H3. The SMILES string of the molecule is Cn1c(C(c2cc(F)ccc2F)S(=O)c2ccc(Cl)cc2)nc2ccccc21. The van der Waals surface area contributed by atoms with E-state index in [2.05, 4.69) is 4.98 Å². The molecule has 0 fully saturated rings. The minimum atomic E-state index is -1.74. The lowest BCUT2D eigenvalue weighted by Crippen LogP contribution is -2.15. The molecule has 0 amide bonds. The lowest BCUT2D eigenvalue weighted by molar-refractivity contribution is 0.582. The van der Waals surface area contributed by atoms with Crippen LogP contribution in [0.3, 0.4) is 0 Å². The fourth-order valence-electron chi connectivity index (χ4n) is 3.17. The van der Waals surface area contributed by atoms with Gasteiger partial charge in [-0.3, -0.25) is 4.21 Å². The Morgan fingerprint density at radius 1 is 1.04 bits per heavy atom. The summed E-state index contributed by atoms with van der Waals surface area (Å²) in [4.78, 5) is 5.03. The zero-order valence-corrected chi connectivity index (χ0v) is 16.3. The Morgan fingerprint density at radius 2 is 1.75 bits per heavy atom. The van der Waals surface area contributed by atoms with Gasteiger partial charge < -0.3 is 4.57 Å². The van der Waals surface area contributed by atoms with Gasteiger partial charge in [0.05, 0.1) is 21.8 Å². The summed E-state index contributed by atoms with van der Waals surface area (Å²) >= 11 is 5.93. The molecule has 0 saturated heterocycles. The summed E-state index contributed by atoms with van der Waals surface area (Å²) in [5, 5.41) is -0.494. The van der Waals surface area contributed by atoms with Crippen molar-refractivity contribution in [1.82, 2.24) is 9.55 Å². The van der Waals surface area contributed by atoms with Gasteiger partial charge in [0.25, 0.3) is 0 Å². The van der Waals surface area contributed by atoms with Crippen LogP contribution < -0.4 is 0 Å². The molecule has 4 aromatic rings. The van der Waals surface area contributed by atoms with Gasteiger partial charge in [-0.25, -0.2) is 13.8 Å². The number of hydrogen-bond acceptors (Lipinski definition) is 2. The molecular weight excluding hydrogens is 402 g/mol. The number of halogens is 3. The quantitative estimate of drug-likeness (QED) is 0.446. The second-order valence-electron chi connectivity index (χ2n) is 6.31. The number of para-hydroxylation sites is 2. The predicted octanol–water partition coefficient (Wildman–Crippen LogP) is 5.40. The molecule has 2 atom stereocenters. The monoisotopic (exact) mass is 416 g/mol. The molecule has 0 saturated carbocycles. The molecule has 0 aliphatic heterocycles. The Kier molecular flexibility index (Phi) is 5.00. The number of fused-ring (bicyclic) bond motifs is 1. The molecule has 4 rings (SSSR count). The zero-order chi connectivity index (χ0) is 19.8. The van der Waals surface area contributed by atoms with Crippen LogP contribution in [0.25, 0.3) is 11.0 Å². The maximum absolute atomic E-state index is 14.7. The van der Waals surface area contributed by atoms with Crippen LogP contribution in [0.4, 0.5) is 8.78 Å². The first kappa shape index (κ1) is 18.8. The van der Waals surface area contributed by atoms with E-state index in [1.54, 1.807) is 35.9 Å². The van der Waals surface area contributed by atoms with Crippen LogP contribution in [0.2, 0.25) is 5.02 Å². The Bertz CT molecular complexity index is 1190. The number of benzene rings is 3. The fourth-order valence-corrected chi connectivity index (χ4v) is 4.79. The van der Waals surface area contributed by atoms with Crippen molar-refractivity contribution in [3.63, 3.8) is 0 Å². The largest absolute Gasteiger partial charge is 0.330 e. The van der Waals surface area contributed by atoms with E-state index in [4.69, 9.17) is 11.6 Å². The van der Waals surface area contributed by atoms with Crippen molar-refractivity contribution >= 4 is 33.4 Å². The molecule has 3 nitrogen and oxygen atoms in total. The van der Waals surface area contributed by atoms with E-state index in [0.717, 1.165) is 23.7 Å². The van der Waals surface area contributed by atoms with Gasteiger partial charge in [0.15, 0.2) is 0 Å². The van der Waals surface area contributed by atoms with Gasteiger partial charge >= 0.3 is 0 Å². The third kappa shape index (κ3) is 3.34. The van der Waals surface area contributed by atoms with Crippen molar-refractivity contribution in [2.45, 2.75) is 10.1 Å². The average molecular weight is 417 g/mol. The first-order valence-corrected chi connectivity index (χ1v) is 10.1. The summed E-state index contributed by atoms with van der Waals surface area (Å²) in [5.41, 5.74) is 1.49. The molecular formula is C21H15ClF2N2OS. The van der Waals surface area contributed by atoms with Gasteiger partial charge in [-0.15, -0.1) is 0 Å². The van der Waals surface area contributed by atoms with Gasteiger partial charge in [0, 0.05) is 22.5 Å². The minimum Gasteiger partial charge on any atom is -0.330 e. The number of rotatable bonds is 4. The molecule has 7 heteroatoms. The lowest BCUT2D eigenvalue weighted by atomic mass is 10.1. The van der Waals surface area contributed by atoms with Crippen LogP contribution in [-0.2, 0) is 17.8 Å². The molecule has 0 N–H and O–H groups in total. The molecule has 0 aliphatic carbocycles. The summed E-state index contributed by atoms with van der Waals surface area (Å²) < 4.78 is 43.8. The van der Waals surface area contributed by atoms with E-state index in [-0.39, 0.29) is 5.56 Å². The first-order chi connectivity index (χ1) is 13.5. The van der Waals surface area contributed by atoms with Gasteiger partial charge in [-0.1, -0.05) is 23.7 Å². The Balaban J connectivity index is 1.95. The molecule has 142 valence electrons. The molecule has 2 unspecified atom stereocenters. The predicted molar refractivity (Wildman–Crippen MR) is 107 cm³/mol. The number of imidazole rings is 1. The summed E-state index contributed by atoms with van der Waals surface area (Å²) in [6.07, 6.45) is 0. The lowest BCUT2D eigenvalue weighted by Gasteiger charge is -2.18. The van der Waals surface area contributed by atoms with Gasteiger partial charge in [-0.2, -0.15) is 0 Å². The van der Waals surface area contributed by atoms with Crippen molar-refractivity contribution in [1.29, 1.82) is 0 Å². The molecule has 0 bridgehead atoms. The molecule has 28 heavy (non-hydrogen) atoms. The normalized spacial score (nSPS) is 13.6. The summed E-state index contributed by atoms with van der Waals surface area (Å²) in [6.45, 7) is 0. The van der Waals surface area contributed by atoms with Crippen LogP contribution in [-0.4, -0.2) is 13.8 Å². The van der Waals surface area contributed by atoms with E-state index in [0.29, 0.717) is 21.3 Å². The molecule has 0 aliphatic rings. The summed E-state index contributed by atoms with van der Waals surface area (Å²) in [7, 11) is 0.0362. The van der Waals surface area contributed by atoms with E-state index in [9.17, 15) is 13.0 Å². The number of nitrogens with zero attached hydrogens (tertiary/aromatic N) is 2. The molecule has 1 aromatic heterocycles. The minimum absolute atomic E-state index is 0.00769. The highest BCUT2D eigenvalue weighted by Crippen LogP contribution is 2.35. The maximum atomic E-state index is 14.7.